The summed E-state index contributed by atoms with van der Waals surface area (Å²) >= 11 is 0. The normalized spacial score (nSPS) is 26.9. The van der Waals surface area contributed by atoms with Crippen LogP contribution in [0.15, 0.2) is 18.2 Å². The highest BCUT2D eigenvalue weighted by atomic mass is 19.1. The monoisotopic (exact) mass is 295 g/mol. The van der Waals surface area contributed by atoms with Crippen LogP contribution < -0.4 is 5.32 Å². The molecule has 3 unspecified atom stereocenters. The molecule has 0 spiro atoms. The number of benzene rings is 1. The molecule has 0 aromatic heterocycles. The molecule has 0 radical (unpaired) electrons. The topological polar surface area (TPSA) is 12.0 Å². The minimum absolute atomic E-state index is 0.0233. The zero-order chi connectivity index (χ0) is 15.6. The summed E-state index contributed by atoms with van der Waals surface area (Å²) in [6, 6.07) is 4.21. The molecule has 3 heteroatoms. The maximum atomic E-state index is 14.1. The van der Waals surface area contributed by atoms with Gasteiger partial charge in [0, 0.05) is 11.1 Å². The standard InChI is InChI=1S/C18H27F2N/c1-12-8-9-13(11-21-18(2,3)4)14(10-12)17-15(19)6-5-7-16(17)20/h5-7,12-14,21H,8-11H2,1-4H3. The van der Waals surface area contributed by atoms with Crippen molar-refractivity contribution in [2.24, 2.45) is 11.8 Å². The first-order valence-electron chi connectivity index (χ1n) is 7.97. The van der Waals surface area contributed by atoms with Gasteiger partial charge in [0.1, 0.15) is 11.6 Å². The summed E-state index contributed by atoms with van der Waals surface area (Å²) in [6.45, 7) is 9.36. The first-order chi connectivity index (χ1) is 9.78. The Labute approximate surface area is 127 Å². The van der Waals surface area contributed by atoms with Crippen molar-refractivity contribution in [1.29, 1.82) is 0 Å². The Bertz CT molecular complexity index is 458. The van der Waals surface area contributed by atoms with E-state index < -0.39 is 11.6 Å². The molecule has 21 heavy (non-hydrogen) atoms. The predicted molar refractivity (Wildman–Crippen MR) is 83.4 cm³/mol. The van der Waals surface area contributed by atoms with Crippen LogP contribution in [-0.4, -0.2) is 12.1 Å². The fraction of sp³-hybridized carbons (Fsp3) is 0.667. The fourth-order valence-electron chi connectivity index (χ4n) is 3.34. The van der Waals surface area contributed by atoms with Crippen molar-refractivity contribution in [2.45, 2.75) is 58.4 Å². The molecule has 0 saturated heterocycles. The molecular formula is C18H27F2N. The van der Waals surface area contributed by atoms with Crippen molar-refractivity contribution in [2.75, 3.05) is 6.54 Å². The molecule has 1 fully saturated rings. The van der Waals surface area contributed by atoms with Crippen LogP contribution >= 0.6 is 0 Å². The Morgan fingerprint density at radius 1 is 1.14 bits per heavy atom. The molecule has 2 rings (SSSR count). The lowest BCUT2D eigenvalue weighted by molar-refractivity contribution is 0.220. The molecule has 118 valence electrons. The number of hydrogen-bond donors (Lipinski definition) is 1. The van der Waals surface area contributed by atoms with Gasteiger partial charge in [-0.25, -0.2) is 8.78 Å². The molecule has 1 saturated carbocycles. The van der Waals surface area contributed by atoms with Crippen LogP contribution in [0.1, 0.15) is 58.4 Å². The third kappa shape index (κ3) is 4.26. The third-order valence-corrected chi connectivity index (χ3v) is 4.52. The largest absolute Gasteiger partial charge is 0.312 e. The summed E-state index contributed by atoms with van der Waals surface area (Å²) in [7, 11) is 0. The molecule has 0 amide bonds. The smallest absolute Gasteiger partial charge is 0.129 e. The summed E-state index contributed by atoms with van der Waals surface area (Å²) in [5.41, 5.74) is 0.325. The van der Waals surface area contributed by atoms with Gasteiger partial charge < -0.3 is 5.32 Å². The Morgan fingerprint density at radius 3 is 2.33 bits per heavy atom. The summed E-state index contributed by atoms with van der Waals surface area (Å²) in [4.78, 5) is 0. The SMILES string of the molecule is CC1CCC(CNC(C)(C)C)C(c2c(F)cccc2F)C1. The van der Waals surface area contributed by atoms with Crippen molar-refractivity contribution in [3.05, 3.63) is 35.4 Å². The van der Waals surface area contributed by atoms with Gasteiger partial charge in [0.05, 0.1) is 0 Å². The highest BCUT2D eigenvalue weighted by Crippen LogP contribution is 2.42. The minimum atomic E-state index is -0.394. The summed E-state index contributed by atoms with van der Waals surface area (Å²) in [5, 5.41) is 3.50. The highest BCUT2D eigenvalue weighted by molar-refractivity contribution is 5.25. The lowest BCUT2D eigenvalue weighted by Gasteiger charge is -2.37. The van der Waals surface area contributed by atoms with E-state index in [1.165, 1.54) is 18.2 Å². The number of rotatable bonds is 3. The average molecular weight is 295 g/mol. The predicted octanol–water partition coefficient (Wildman–Crippen LogP) is 4.87. The molecular weight excluding hydrogens is 268 g/mol. The zero-order valence-electron chi connectivity index (χ0n) is 13.5. The first kappa shape index (κ1) is 16.4. The van der Waals surface area contributed by atoms with E-state index in [1.54, 1.807) is 0 Å². The zero-order valence-corrected chi connectivity index (χ0v) is 13.5. The van der Waals surface area contributed by atoms with Gasteiger partial charge in [-0.3, -0.25) is 0 Å². The van der Waals surface area contributed by atoms with E-state index in [0.29, 0.717) is 17.4 Å². The first-order valence-corrected chi connectivity index (χ1v) is 7.97. The van der Waals surface area contributed by atoms with Crippen molar-refractivity contribution in [1.82, 2.24) is 5.32 Å². The number of halogens is 2. The third-order valence-electron chi connectivity index (χ3n) is 4.52. The number of nitrogens with one attached hydrogen (secondary N) is 1. The lowest BCUT2D eigenvalue weighted by Crippen LogP contribution is -2.41. The van der Waals surface area contributed by atoms with Gasteiger partial charge in [-0.2, -0.15) is 0 Å². The van der Waals surface area contributed by atoms with Crippen molar-refractivity contribution >= 4 is 0 Å². The summed E-state index contributed by atoms with van der Waals surface area (Å²) in [6.07, 6.45) is 3.04. The summed E-state index contributed by atoms with van der Waals surface area (Å²) < 4.78 is 28.3. The molecule has 1 aliphatic carbocycles. The molecule has 1 aromatic carbocycles. The van der Waals surface area contributed by atoms with Crippen LogP contribution in [-0.2, 0) is 0 Å². The second-order valence-corrected chi connectivity index (χ2v) is 7.55. The highest BCUT2D eigenvalue weighted by Gasteiger charge is 2.33. The second kappa shape index (κ2) is 6.43. The number of hydrogen-bond acceptors (Lipinski definition) is 1. The Hall–Kier alpha value is -0.960. The van der Waals surface area contributed by atoms with Crippen molar-refractivity contribution in [3.8, 4) is 0 Å². The van der Waals surface area contributed by atoms with Crippen LogP contribution in [0.4, 0.5) is 8.78 Å². The Kier molecular flexibility index (Phi) is 5.03. The van der Waals surface area contributed by atoms with Crippen LogP contribution in [0.2, 0.25) is 0 Å². The Balaban J connectivity index is 2.23. The molecule has 0 bridgehead atoms. The van der Waals surface area contributed by atoms with E-state index >= 15 is 0 Å². The van der Waals surface area contributed by atoms with Gasteiger partial charge in [0.2, 0.25) is 0 Å². The van der Waals surface area contributed by atoms with Crippen LogP contribution in [0, 0.1) is 23.5 Å². The molecule has 1 N–H and O–H groups in total. The van der Waals surface area contributed by atoms with E-state index in [1.807, 2.05) is 0 Å². The summed E-state index contributed by atoms with van der Waals surface area (Å²) in [5.74, 6) is 0.0150. The van der Waals surface area contributed by atoms with Crippen LogP contribution in [0.25, 0.3) is 0 Å². The van der Waals surface area contributed by atoms with Gasteiger partial charge in [-0.05, 0) is 70.0 Å². The molecule has 1 aliphatic rings. The van der Waals surface area contributed by atoms with Gasteiger partial charge in [-0.1, -0.05) is 19.4 Å². The van der Waals surface area contributed by atoms with Gasteiger partial charge >= 0.3 is 0 Å². The van der Waals surface area contributed by atoms with Gasteiger partial charge in [0.25, 0.3) is 0 Å². The average Bonchev–Trinajstić information content (AvgIpc) is 2.36. The van der Waals surface area contributed by atoms with E-state index in [9.17, 15) is 8.78 Å². The maximum absolute atomic E-state index is 14.1. The van der Waals surface area contributed by atoms with Crippen molar-refractivity contribution < 1.29 is 8.78 Å². The van der Waals surface area contributed by atoms with Crippen molar-refractivity contribution in [3.63, 3.8) is 0 Å². The molecule has 0 aliphatic heterocycles. The van der Waals surface area contributed by atoms with E-state index in [4.69, 9.17) is 0 Å². The van der Waals surface area contributed by atoms with Crippen LogP contribution in [0.3, 0.4) is 0 Å². The van der Waals surface area contributed by atoms with Crippen LogP contribution in [0.5, 0.6) is 0 Å². The van der Waals surface area contributed by atoms with E-state index in [2.05, 4.69) is 33.0 Å². The quantitative estimate of drug-likeness (QED) is 0.838. The minimum Gasteiger partial charge on any atom is -0.312 e. The fourth-order valence-corrected chi connectivity index (χ4v) is 3.34. The Morgan fingerprint density at radius 2 is 1.76 bits per heavy atom. The van der Waals surface area contributed by atoms with E-state index in [0.717, 1.165) is 25.8 Å². The molecule has 1 nitrogen and oxygen atoms in total. The van der Waals surface area contributed by atoms with Gasteiger partial charge in [-0.15, -0.1) is 0 Å². The van der Waals surface area contributed by atoms with E-state index in [-0.39, 0.29) is 11.5 Å². The molecule has 0 heterocycles. The molecule has 1 aromatic rings. The lowest BCUT2D eigenvalue weighted by atomic mass is 9.71. The molecule has 3 atom stereocenters. The maximum Gasteiger partial charge on any atom is 0.129 e. The van der Waals surface area contributed by atoms with Gasteiger partial charge in [0.15, 0.2) is 0 Å². The second-order valence-electron chi connectivity index (χ2n) is 7.55.